The summed E-state index contributed by atoms with van der Waals surface area (Å²) in [4.78, 5) is 31.0. The fraction of sp³-hybridized carbons (Fsp3) is 0.118. The Morgan fingerprint density at radius 3 is 2.60 bits per heavy atom. The van der Waals surface area contributed by atoms with Crippen LogP contribution in [-0.2, 0) is 6.54 Å². The molecule has 0 aliphatic heterocycles. The van der Waals surface area contributed by atoms with Gasteiger partial charge in [-0.1, -0.05) is 6.07 Å². The molecule has 0 unspecified atom stereocenters. The van der Waals surface area contributed by atoms with Crippen molar-refractivity contribution in [1.82, 2.24) is 14.9 Å². The van der Waals surface area contributed by atoms with Gasteiger partial charge in [0.15, 0.2) is 16.4 Å². The lowest BCUT2D eigenvalue weighted by molar-refractivity contribution is 0.0785. The van der Waals surface area contributed by atoms with Crippen molar-refractivity contribution in [3.63, 3.8) is 0 Å². The highest BCUT2D eigenvalue weighted by molar-refractivity contribution is 7.71. The van der Waals surface area contributed by atoms with Gasteiger partial charge in [-0.15, -0.1) is 0 Å². The summed E-state index contributed by atoms with van der Waals surface area (Å²) in [6, 6.07) is 8.07. The molecule has 1 aromatic heterocycles. The number of carbonyl (C=O) groups excluding carboxylic acids is 1. The molecule has 0 aliphatic carbocycles. The zero-order valence-electron chi connectivity index (χ0n) is 13.1. The van der Waals surface area contributed by atoms with Crippen LogP contribution >= 0.6 is 12.2 Å². The van der Waals surface area contributed by atoms with Gasteiger partial charge >= 0.3 is 0 Å². The molecule has 0 spiro atoms. The number of hydrogen-bond acceptors (Lipinski definition) is 3. The highest BCUT2D eigenvalue weighted by Gasteiger charge is 2.14. The quantitative estimate of drug-likeness (QED) is 0.704. The van der Waals surface area contributed by atoms with E-state index in [1.54, 1.807) is 7.05 Å². The van der Waals surface area contributed by atoms with Crippen molar-refractivity contribution in [2.45, 2.75) is 6.54 Å². The number of nitrogens with zero attached hydrogens (tertiary/aromatic N) is 1. The summed E-state index contributed by atoms with van der Waals surface area (Å²) in [5, 5.41) is 0.383. The lowest BCUT2D eigenvalue weighted by Crippen LogP contribution is -2.26. The number of nitrogens with one attached hydrogen (secondary N) is 2. The van der Waals surface area contributed by atoms with Gasteiger partial charge in [0.25, 0.3) is 11.5 Å². The molecule has 0 radical (unpaired) electrons. The number of fused-ring (bicyclic) bond motifs is 1. The second-order valence-electron chi connectivity index (χ2n) is 5.58. The predicted molar refractivity (Wildman–Crippen MR) is 91.9 cm³/mol. The van der Waals surface area contributed by atoms with Gasteiger partial charge in [-0.05, 0) is 48.1 Å². The number of hydrogen-bond donors (Lipinski definition) is 2. The first kappa shape index (κ1) is 17.0. The highest BCUT2D eigenvalue weighted by Crippen LogP contribution is 2.15. The number of H-pyrrole nitrogens is 2. The van der Waals surface area contributed by atoms with E-state index < -0.39 is 11.6 Å². The Morgan fingerprint density at radius 2 is 1.88 bits per heavy atom. The molecule has 0 saturated carbocycles. The van der Waals surface area contributed by atoms with E-state index >= 15 is 0 Å². The van der Waals surface area contributed by atoms with Gasteiger partial charge in [0.2, 0.25) is 0 Å². The lowest BCUT2D eigenvalue weighted by Gasteiger charge is -2.17. The van der Waals surface area contributed by atoms with Gasteiger partial charge in [0.1, 0.15) is 0 Å². The Morgan fingerprint density at radius 1 is 1.12 bits per heavy atom. The molecular formula is C17H13F2N3O2S. The third-order valence-electron chi connectivity index (χ3n) is 3.74. The highest BCUT2D eigenvalue weighted by atomic mass is 32.1. The Labute approximate surface area is 145 Å². The maximum Gasteiger partial charge on any atom is 0.259 e. The van der Waals surface area contributed by atoms with Crippen molar-refractivity contribution >= 4 is 29.0 Å². The van der Waals surface area contributed by atoms with Crippen LogP contribution in [0.2, 0.25) is 0 Å². The molecule has 0 saturated heterocycles. The predicted octanol–water partition coefficient (Wildman–Crippen LogP) is 3.14. The summed E-state index contributed by atoms with van der Waals surface area (Å²) < 4.78 is 26.4. The number of carbonyl (C=O) groups is 1. The molecule has 1 amide bonds. The smallest absolute Gasteiger partial charge is 0.259 e. The number of aromatic nitrogens is 2. The minimum Gasteiger partial charge on any atom is -0.337 e. The molecule has 1 heterocycles. The number of amides is 1. The number of rotatable bonds is 3. The molecule has 8 heteroatoms. The molecule has 0 aliphatic rings. The molecule has 2 N–H and O–H groups in total. The van der Waals surface area contributed by atoms with Crippen LogP contribution in [0.3, 0.4) is 0 Å². The molecule has 25 heavy (non-hydrogen) atoms. The minimum atomic E-state index is -0.962. The topological polar surface area (TPSA) is 69.0 Å². The molecule has 0 atom stereocenters. The van der Waals surface area contributed by atoms with E-state index in [-0.39, 0.29) is 22.8 Å². The summed E-state index contributed by atoms with van der Waals surface area (Å²) in [7, 11) is 1.55. The van der Waals surface area contributed by atoms with E-state index in [4.69, 9.17) is 12.2 Å². The van der Waals surface area contributed by atoms with Crippen molar-refractivity contribution in [3.8, 4) is 0 Å². The Kier molecular flexibility index (Phi) is 4.45. The molecule has 0 bridgehead atoms. The Hall–Kier alpha value is -2.87. The number of benzene rings is 2. The van der Waals surface area contributed by atoms with Crippen LogP contribution in [0, 0.1) is 16.4 Å². The van der Waals surface area contributed by atoms with Crippen LogP contribution in [-0.4, -0.2) is 27.8 Å². The van der Waals surface area contributed by atoms with E-state index in [0.29, 0.717) is 22.0 Å². The van der Waals surface area contributed by atoms with Crippen molar-refractivity contribution in [1.29, 1.82) is 0 Å². The second kappa shape index (κ2) is 6.56. The van der Waals surface area contributed by atoms with Gasteiger partial charge in [0.05, 0.1) is 10.9 Å². The Bertz CT molecular complexity index is 1090. The average Bonchev–Trinajstić information content (AvgIpc) is 2.56. The standard InChI is InChI=1S/C17H13F2N3O2S/c1-22(8-9-2-5-12(18)13(19)6-9)16(24)10-3-4-11-14(7-10)20-17(25)21-15(11)23/h2-7H,8H2,1H3,(H2,20,21,23,25). The molecule has 2 aromatic carbocycles. The van der Waals surface area contributed by atoms with Crippen LogP contribution < -0.4 is 5.56 Å². The van der Waals surface area contributed by atoms with Crippen LogP contribution in [0.15, 0.2) is 41.2 Å². The first-order chi connectivity index (χ1) is 11.8. The summed E-state index contributed by atoms with van der Waals surface area (Å²) >= 11 is 4.92. The van der Waals surface area contributed by atoms with Gasteiger partial charge in [-0.2, -0.15) is 0 Å². The van der Waals surface area contributed by atoms with E-state index in [0.717, 1.165) is 12.1 Å². The Balaban J connectivity index is 1.89. The van der Waals surface area contributed by atoms with Gasteiger partial charge in [-0.25, -0.2) is 8.78 Å². The van der Waals surface area contributed by atoms with E-state index in [1.807, 2.05) is 0 Å². The number of aromatic amines is 2. The van der Waals surface area contributed by atoms with Crippen LogP contribution in [0.4, 0.5) is 8.78 Å². The molecule has 128 valence electrons. The van der Waals surface area contributed by atoms with Crippen LogP contribution in [0.5, 0.6) is 0 Å². The van der Waals surface area contributed by atoms with Crippen molar-refractivity contribution in [2.24, 2.45) is 0 Å². The maximum atomic E-state index is 13.3. The van der Waals surface area contributed by atoms with Gasteiger partial charge in [-0.3, -0.25) is 14.6 Å². The zero-order valence-corrected chi connectivity index (χ0v) is 13.9. The van der Waals surface area contributed by atoms with Gasteiger partial charge in [0, 0.05) is 19.2 Å². The van der Waals surface area contributed by atoms with E-state index in [1.165, 1.54) is 29.2 Å². The molecular weight excluding hydrogens is 348 g/mol. The summed E-state index contributed by atoms with van der Waals surface area (Å²) in [6.45, 7) is 0.111. The average molecular weight is 361 g/mol. The summed E-state index contributed by atoms with van der Waals surface area (Å²) in [5.74, 6) is -2.23. The van der Waals surface area contributed by atoms with Crippen molar-refractivity contribution in [3.05, 3.63) is 74.3 Å². The van der Waals surface area contributed by atoms with E-state index in [2.05, 4.69) is 9.97 Å². The lowest BCUT2D eigenvalue weighted by atomic mass is 10.1. The fourth-order valence-electron chi connectivity index (χ4n) is 2.51. The van der Waals surface area contributed by atoms with E-state index in [9.17, 15) is 18.4 Å². The van der Waals surface area contributed by atoms with Gasteiger partial charge < -0.3 is 9.88 Å². The largest absolute Gasteiger partial charge is 0.337 e. The van der Waals surface area contributed by atoms with Crippen LogP contribution in [0.25, 0.3) is 10.9 Å². The third kappa shape index (κ3) is 3.48. The SMILES string of the molecule is CN(Cc1ccc(F)c(F)c1)C(=O)c1ccc2c(=O)[nH]c(=S)[nH]c2c1. The van der Waals surface area contributed by atoms with Crippen LogP contribution in [0.1, 0.15) is 15.9 Å². The summed E-state index contributed by atoms with van der Waals surface area (Å²) in [6.07, 6.45) is 0. The first-order valence-corrected chi connectivity index (χ1v) is 7.72. The van der Waals surface area contributed by atoms with Crippen molar-refractivity contribution < 1.29 is 13.6 Å². The normalized spacial score (nSPS) is 10.8. The number of halogens is 2. The summed E-state index contributed by atoms with van der Waals surface area (Å²) in [5.41, 5.74) is 0.911. The van der Waals surface area contributed by atoms with Crippen molar-refractivity contribution in [2.75, 3.05) is 7.05 Å². The second-order valence-corrected chi connectivity index (χ2v) is 5.99. The first-order valence-electron chi connectivity index (χ1n) is 7.31. The minimum absolute atomic E-state index is 0.111. The fourth-order valence-corrected chi connectivity index (χ4v) is 2.71. The molecule has 0 fully saturated rings. The zero-order chi connectivity index (χ0) is 18.1. The monoisotopic (exact) mass is 361 g/mol. The molecule has 3 aromatic rings. The maximum absolute atomic E-state index is 13.3. The molecule has 5 nitrogen and oxygen atoms in total. The molecule has 3 rings (SSSR count). The third-order valence-corrected chi connectivity index (χ3v) is 3.94.